The van der Waals surface area contributed by atoms with Crippen molar-refractivity contribution < 1.29 is 9.50 Å². The summed E-state index contributed by atoms with van der Waals surface area (Å²) in [5, 5.41) is 13.1. The molecule has 2 rings (SSSR count). The number of aliphatic hydroxyl groups excluding tert-OH is 1. The van der Waals surface area contributed by atoms with Crippen LogP contribution in [0.5, 0.6) is 0 Å². The standard InChI is InChI=1S/C12H12BrFN2O/c13-11-8-16(6-1-7-17)15-12(11)9-2-4-10(14)5-3-9/h2-5,8,17H,1,6-7H2. The Hall–Kier alpha value is -1.20. The quantitative estimate of drug-likeness (QED) is 0.942. The number of nitrogens with zero attached hydrogens (tertiary/aromatic N) is 2. The van der Waals surface area contributed by atoms with E-state index >= 15 is 0 Å². The summed E-state index contributed by atoms with van der Waals surface area (Å²) in [6.45, 7) is 0.805. The minimum atomic E-state index is -0.260. The molecule has 0 aliphatic heterocycles. The van der Waals surface area contributed by atoms with Crippen molar-refractivity contribution in [1.82, 2.24) is 9.78 Å². The number of aromatic nitrogens is 2. The second kappa shape index (κ2) is 5.42. The van der Waals surface area contributed by atoms with Crippen molar-refractivity contribution >= 4 is 15.9 Å². The molecule has 90 valence electrons. The van der Waals surface area contributed by atoms with Crippen LogP contribution < -0.4 is 0 Å². The van der Waals surface area contributed by atoms with Gasteiger partial charge in [-0.2, -0.15) is 5.10 Å². The molecule has 1 N–H and O–H groups in total. The number of aliphatic hydroxyl groups is 1. The Kier molecular flexibility index (Phi) is 3.91. The van der Waals surface area contributed by atoms with Crippen LogP contribution in [0.2, 0.25) is 0 Å². The van der Waals surface area contributed by atoms with E-state index in [0.29, 0.717) is 13.0 Å². The molecule has 3 nitrogen and oxygen atoms in total. The summed E-state index contributed by atoms with van der Waals surface area (Å²) in [6.07, 6.45) is 2.52. The van der Waals surface area contributed by atoms with Gasteiger partial charge in [-0.15, -0.1) is 0 Å². The van der Waals surface area contributed by atoms with Crippen molar-refractivity contribution in [2.45, 2.75) is 13.0 Å². The van der Waals surface area contributed by atoms with Crippen LogP contribution in [0, 0.1) is 5.82 Å². The van der Waals surface area contributed by atoms with E-state index in [0.717, 1.165) is 15.7 Å². The van der Waals surface area contributed by atoms with Gasteiger partial charge in [-0.25, -0.2) is 4.39 Å². The average Bonchev–Trinajstić information content (AvgIpc) is 2.69. The highest BCUT2D eigenvalue weighted by Gasteiger charge is 2.08. The van der Waals surface area contributed by atoms with Crippen LogP contribution in [0.3, 0.4) is 0 Å². The minimum Gasteiger partial charge on any atom is -0.396 e. The lowest BCUT2D eigenvalue weighted by Crippen LogP contribution is -2.00. The van der Waals surface area contributed by atoms with E-state index in [-0.39, 0.29) is 12.4 Å². The fourth-order valence-corrected chi connectivity index (χ4v) is 2.09. The molecule has 2 aromatic rings. The first-order chi connectivity index (χ1) is 8.20. The normalized spacial score (nSPS) is 10.8. The molecule has 0 atom stereocenters. The second-order valence-corrected chi connectivity index (χ2v) is 4.53. The Balaban J connectivity index is 2.26. The molecule has 0 saturated carbocycles. The van der Waals surface area contributed by atoms with Gasteiger partial charge in [-0.1, -0.05) is 0 Å². The van der Waals surface area contributed by atoms with Crippen molar-refractivity contribution in [1.29, 1.82) is 0 Å². The largest absolute Gasteiger partial charge is 0.396 e. The third kappa shape index (κ3) is 2.92. The molecule has 0 fully saturated rings. The van der Waals surface area contributed by atoms with E-state index in [2.05, 4.69) is 21.0 Å². The molecule has 0 bridgehead atoms. The predicted molar refractivity (Wildman–Crippen MR) is 67.0 cm³/mol. The zero-order valence-corrected chi connectivity index (χ0v) is 10.7. The molecule has 0 radical (unpaired) electrons. The summed E-state index contributed by atoms with van der Waals surface area (Å²) < 4.78 is 15.4. The van der Waals surface area contributed by atoms with Crippen molar-refractivity contribution in [3.63, 3.8) is 0 Å². The first-order valence-electron chi connectivity index (χ1n) is 5.30. The van der Waals surface area contributed by atoms with E-state index in [4.69, 9.17) is 5.11 Å². The SMILES string of the molecule is OCCCn1cc(Br)c(-c2ccc(F)cc2)n1. The summed E-state index contributed by atoms with van der Waals surface area (Å²) in [5.41, 5.74) is 1.64. The summed E-state index contributed by atoms with van der Waals surface area (Å²) in [4.78, 5) is 0. The van der Waals surface area contributed by atoms with Gasteiger partial charge >= 0.3 is 0 Å². The zero-order chi connectivity index (χ0) is 12.3. The van der Waals surface area contributed by atoms with Gasteiger partial charge in [0, 0.05) is 24.9 Å². The summed E-state index contributed by atoms with van der Waals surface area (Å²) in [6, 6.07) is 6.21. The van der Waals surface area contributed by atoms with Crippen LogP contribution in [0.25, 0.3) is 11.3 Å². The number of rotatable bonds is 4. The number of hydrogen-bond acceptors (Lipinski definition) is 2. The lowest BCUT2D eigenvalue weighted by atomic mass is 10.1. The second-order valence-electron chi connectivity index (χ2n) is 3.67. The van der Waals surface area contributed by atoms with E-state index in [1.165, 1.54) is 12.1 Å². The summed E-state index contributed by atoms with van der Waals surface area (Å²) in [5.74, 6) is -0.260. The highest BCUT2D eigenvalue weighted by atomic mass is 79.9. The molecule has 1 aromatic carbocycles. The predicted octanol–water partition coefficient (Wildman–Crippen LogP) is 2.83. The number of hydrogen-bond donors (Lipinski definition) is 1. The molecule has 5 heteroatoms. The summed E-state index contributed by atoms with van der Waals surface area (Å²) >= 11 is 3.42. The Morgan fingerprint density at radius 2 is 2.00 bits per heavy atom. The third-order valence-corrected chi connectivity index (χ3v) is 2.96. The van der Waals surface area contributed by atoms with Crippen LogP contribution in [0.4, 0.5) is 4.39 Å². The first-order valence-corrected chi connectivity index (χ1v) is 6.10. The van der Waals surface area contributed by atoms with E-state index < -0.39 is 0 Å². The molecule has 0 saturated heterocycles. The van der Waals surface area contributed by atoms with Gasteiger partial charge in [0.05, 0.1) is 4.47 Å². The topological polar surface area (TPSA) is 38.0 Å². The third-order valence-electron chi connectivity index (χ3n) is 2.38. The lowest BCUT2D eigenvalue weighted by molar-refractivity contribution is 0.277. The van der Waals surface area contributed by atoms with Gasteiger partial charge in [0.25, 0.3) is 0 Å². The molecular weight excluding hydrogens is 287 g/mol. The maximum atomic E-state index is 12.8. The molecule has 1 heterocycles. The van der Waals surface area contributed by atoms with Crippen molar-refractivity contribution in [2.75, 3.05) is 6.61 Å². The van der Waals surface area contributed by atoms with Gasteiger partial charge in [0.1, 0.15) is 11.5 Å². The van der Waals surface area contributed by atoms with Crippen molar-refractivity contribution in [3.05, 3.63) is 40.8 Å². The molecule has 0 aliphatic carbocycles. The van der Waals surface area contributed by atoms with Crippen LogP contribution in [-0.4, -0.2) is 21.5 Å². The van der Waals surface area contributed by atoms with Crippen LogP contribution in [0.15, 0.2) is 34.9 Å². The first kappa shape index (κ1) is 12.3. The van der Waals surface area contributed by atoms with E-state index in [9.17, 15) is 4.39 Å². The Morgan fingerprint density at radius 3 is 2.65 bits per heavy atom. The summed E-state index contributed by atoms with van der Waals surface area (Å²) in [7, 11) is 0. The maximum absolute atomic E-state index is 12.8. The lowest BCUT2D eigenvalue weighted by Gasteiger charge is -1.99. The molecule has 17 heavy (non-hydrogen) atoms. The fourth-order valence-electron chi connectivity index (χ4n) is 1.55. The average molecular weight is 299 g/mol. The van der Waals surface area contributed by atoms with Gasteiger partial charge in [-0.3, -0.25) is 4.68 Å². The van der Waals surface area contributed by atoms with Gasteiger partial charge in [-0.05, 0) is 46.6 Å². The molecule has 0 spiro atoms. The van der Waals surface area contributed by atoms with Gasteiger partial charge in [0.15, 0.2) is 0 Å². The monoisotopic (exact) mass is 298 g/mol. The van der Waals surface area contributed by atoms with E-state index in [1.807, 2.05) is 6.20 Å². The smallest absolute Gasteiger partial charge is 0.123 e. The molecular formula is C12H12BrFN2O. The Morgan fingerprint density at radius 1 is 1.29 bits per heavy atom. The van der Waals surface area contributed by atoms with Crippen LogP contribution >= 0.6 is 15.9 Å². The number of benzene rings is 1. The van der Waals surface area contributed by atoms with E-state index in [1.54, 1.807) is 16.8 Å². The van der Waals surface area contributed by atoms with Gasteiger partial charge in [0.2, 0.25) is 0 Å². The van der Waals surface area contributed by atoms with Crippen LogP contribution in [-0.2, 0) is 6.54 Å². The fraction of sp³-hybridized carbons (Fsp3) is 0.250. The highest BCUT2D eigenvalue weighted by molar-refractivity contribution is 9.10. The van der Waals surface area contributed by atoms with Gasteiger partial charge < -0.3 is 5.11 Å². The maximum Gasteiger partial charge on any atom is 0.123 e. The number of halogens is 2. The Labute approximate surface area is 107 Å². The minimum absolute atomic E-state index is 0.142. The van der Waals surface area contributed by atoms with Crippen LogP contribution in [0.1, 0.15) is 6.42 Å². The molecule has 0 amide bonds. The van der Waals surface area contributed by atoms with Crippen molar-refractivity contribution in [2.24, 2.45) is 0 Å². The number of aryl methyl sites for hydroxylation is 1. The zero-order valence-electron chi connectivity index (χ0n) is 9.11. The Bertz CT molecular complexity index is 496. The highest BCUT2D eigenvalue weighted by Crippen LogP contribution is 2.26. The molecule has 0 aliphatic rings. The van der Waals surface area contributed by atoms with Crippen molar-refractivity contribution in [3.8, 4) is 11.3 Å². The molecule has 1 aromatic heterocycles. The molecule has 0 unspecified atom stereocenters.